The number of benzene rings is 1. The van der Waals surface area contributed by atoms with Crippen LogP contribution in [0.25, 0.3) is 0 Å². The molecule has 174 valence electrons. The van der Waals surface area contributed by atoms with E-state index in [4.69, 9.17) is 14.2 Å². The SMILES string of the molecule is CC(C)(C)OC(=O)N1[C@@H]([C@H]([C@@H](O)[C@@H](CO)OCc2ccccc2)[N+](=O)[O-])COC1(C)C. The summed E-state index contributed by atoms with van der Waals surface area (Å²) in [6.45, 7) is 7.48. The molecule has 1 heterocycles. The molecule has 1 aliphatic rings. The molecule has 1 aromatic carbocycles. The zero-order valence-electron chi connectivity index (χ0n) is 18.6. The van der Waals surface area contributed by atoms with Crippen molar-refractivity contribution < 1.29 is 34.1 Å². The van der Waals surface area contributed by atoms with Crippen LogP contribution in [0.2, 0.25) is 0 Å². The Morgan fingerprint density at radius 1 is 1.35 bits per heavy atom. The fourth-order valence-electron chi connectivity index (χ4n) is 3.50. The number of rotatable bonds is 8. The zero-order chi connectivity index (χ0) is 23.4. The van der Waals surface area contributed by atoms with Crippen molar-refractivity contribution in [2.45, 2.75) is 76.8 Å². The largest absolute Gasteiger partial charge is 0.444 e. The Morgan fingerprint density at radius 3 is 2.48 bits per heavy atom. The summed E-state index contributed by atoms with van der Waals surface area (Å²) >= 11 is 0. The summed E-state index contributed by atoms with van der Waals surface area (Å²) < 4.78 is 16.6. The Balaban J connectivity index is 2.24. The lowest BCUT2D eigenvalue weighted by atomic mass is 9.97. The standard InChI is InChI=1S/C21H32N2O8/c1-20(2,3)31-19(26)22-15(13-30-21(22,4)5)17(23(27)28)18(25)16(11-24)29-12-14-9-7-6-8-10-14/h6-10,15-18,24-25H,11-13H2,1-5H3/t15-,16-,17-,18+/m1/s1. The number of amides is 1. The molecule has 1 amide bonds. The third-order valence-electron chi connectivity index (χ3n) is 4.96. The van der Waals surface area contributed by atoms with Crippen LogP contribution in [0.1, 0.15) is 40.2 Å². The number of carbonyl (C=O) groups is 1. The van der Waals surface area contributed by atoms with Gasteiger partial charge in [0.2, 0.25) is 0 Å². The first-order valence-electron chi connectivity index (χ1n) is 10.1. The smallest absolute Gasteiger partial charge is 0.413 e. The van der Waals surface area contributed by atoms with Crippen LogP contribution in [-0.4, -0.2) is 75.0 Å². The van der Waals surface area contributed by atoms with E-state index in [-0.39, 0.29) is 13.2 Å². The van der Waals surface area contributed by atoms with E-state index in [1.807, 2.05) is 6.07 Å². The molecular weight excluding hydrogens is 408 g/mol. The van der Waals surface area contributed by atoms with Crippen molar-refractivity contribution in [3.05, 3.63) is 46.0 Å². The highest BCUT2D eigenvalue weighted by Gasteiger charge is 2.56. The monoisotopic (exact) mass is 440 g/mol. The van der Waals surface area contributed by atoms with Gasteiger partial charge in [-0.2, -0.15) is 0 Å². The first kappa shape index (κ1) is 25.0. The molecule has 0 aromatic heterocycles. The van der Waals surface area contributed by atoms with Gasteiger partial charge in [0.15, 0.2) is 6.10 Å². The van der Waals surface area contributed by atoms with Gasteiger partial charge in [0.1, 0.15) is 23.5 Å². The molecule has 1 aromatic rings. The maximum Gasteiger partial charge on any atom is 0.413 e. The third-order valence-corrected chi connectivity index (χ3v) is 4.96. The van der Waals surface area contributed by atoms with Gasteiger partial charge in [0.25, 0.3) is 6.04 Å². The van der Waals surface area contributed by atoms with Crippen LogP contribution < -0.4 is 0 Å². The minimum atomic E-state index is -1.70. The van der Waals surface area contributed by atoms with E-state index in [1.54, 1.807) is 58.9 Å². The fourth-order valence-corrected chi connectivity index (χ4v) is 3.50. The van der Waals surface area contributed by atoms with Crippen LogP contribution in [0.5, 0.6) is 0 Å². The highest BCUT2D eigenvalue weighted by molar-refractivity contribution is 5.70. The highest BCUT2D eigenvalue weighted by atomic mass is 16.6. The van der Waals surface area contributed by atoms with E-state index in [1.165, 1.54) is 0 Å². The molecule has 2 N–H and O–H groups in total. The molecule has 2 rings (SSSR count). The van der Waals surface area contributed by atoms with Gasteiger partial charge in [0, 0.05) is 4.92 Å². The second-order valence-electron chi connectivity index (χ2n) is 8.96. The Kier molecular flexibility index (Phi) is 7.98. The van der Waals surface area contributed by atoms with Crippen molar-refractivity contribution in [3.8, 4) is 0 Å². The molecule has 10 heteroatoms. The molecule has 0 aliphatic carbocycles. The molecule has 1 saturated heterocycles. The van der Waals surface area contributed by atoms with Gasteiger partial charge in [0.05, 0.1) is 19.8 Å². The summed E-state index contributed by atoms with van der Waals surface area (Å²) in [5.41, 5.74) is -1.22. The Bertz CT molecular complexity index is 749. The van der Waals surface area contributed by atoms with E-state index in [0.717, 1.165) is 10.5 Å². The van der Waals surface area contributed by atoms with Crippen LogP contribution in [0.4, 0.5) is 4.79 Å². The minimum Gasteiger partial charge on any atom is -0.444 e. The number of aliphatic hydroxyl groups excluding tert-OH is 2. The molecule has 0 radical (unpaired) electrons. The highest BCUT2D eigenvalue weighted by Crippen LogP contribution is 2.33. The summed E-state index contributed by atoms with van der Waals surface area (Å²) in [5, 5.41) is 32.5. The van der Waals surface area contributed by atoms with E-state index in [9.17, 15) is 25.1 Å². The second kappa shape index (κ2) is 9.90. The number of nitro groups is 1. The maximum atomic E-state index is 12.8. The van der Waals surface area contributed by atoms with E-state index < -0.39 is 53.2 Å². The lowest BCUT2D eigenvalue weighted by Gasteiger charge is -2.36. The summed E-state index contributed by atoms with van der Waals surface area (Å²) in [7, 11) is 0. The molecule has 0 unspecified atom stereocenters. The van der Waals surface area contributed by atoms with E-state index >= 15 is 0 Å². The molecule has 0 saturated carbocycles. The van der Waals surface area contributed by atoms with Gasteiger partial charge in [-0.3, -0.25) is 15.0 Å². The predicted molar refractivity (Wildman–Crippen MR) is 111 cm³/mol. The zero-order valence-corrected chi connectivity index (χ0v) is 18.6. The number of ether oxygens (including phenoxy) is 3. The summed E-state index contributed by atoms with van der Waals surface area (Å²) in [5.74, 6) is 0. The Hall–Kier alpha value is -2.27. The van der Waals surface area contributed by atoms with Crippen LogP contribution >= 0.6 is 0 Å². The molecule has 1 fully saturated rings. The molecule has 31 heavy (non-hydrogen) atoms. The van der Waals surface area contributed by atoms with Crippen molar-refractivity contribution in [2.24, 2.45) is 0 Å². The van der Waals surface area contributed by atoms with Crippen molar-refractivity contribution >= 4 is 6.09 Å². The number of nitrogens with zero attached hydrogens (tertiary/aromatic N) is 2. The topological polar surface area (TPSA) is 132 Å². The van der Waals surface area contributed by atoms with Crippen LogP contribution in [0.3, 0.4) is 0 Å². The average Bonchev–Trinajstić information content (AvgIpc) is 2.96. The van der Waals surface area contributed by atoms with Gasteiger partial charge < -0.3 is 24.4 Å². The van der Waals surface area contributed by atoms with Gasteiger partial charge in [-0.05, 0) is 40.2 Å². The van der Waals surface area contributed by atoms with Crippen LogP contribution in [0, 0.1) is 10.1 Å². The quantitative estimate of drug-likeness (QED) is 0.463. The van der Waals surface area contributed by atoms with Crippen molar-refractivity contribution in [1.82, 2.24) is 4.90 Å². The lowest BCUT2D eigenvalue weighted by molar-refractivity contribution is -0.544. The fraction of sp³-hybridized carbons (Fsp3) is 0.667. The van der Waals surface area contributed by atoms with Crippen molar-refractivity contribution in [3.63, 3.8) is 0 Å². The van der Waals surface area contributed by atoms with E-state index in [2.05, 4.69) is 0 Å². The lowest BCUT2D eigenvalue weighted by Crippen LogP contribution is -2.60. The van der Waals surface area contributed by atoms with Gasteiger partial charge in [-0.15, -0.1) is 0 Å². The molecular formula is C21H32N2O8. The maximum absolute atomic E-state index is 12.8. The Morgan fingerprint density at radius 2 is 1.97 bits per heavy atom. The minimum absolute atomic E-state index is 0.0516. The average molecular weight is 440 g/mol. The molecule has 10 nitrogen and oxygen atoms in total. The number of aliphatic hydroxyl groups is 2. The Labute approximate surface area is 181 Å². The molecule has 0 spiro atoms. The van der Waals surface area contributed by atoms with Crippen molar-refractivity contribution in [1.29, 1.82) is 0 Å². The van der Waals surface area contributed by atoms with Crippen molar-refractivity contribution in [2.75, 3.05) is 13.2 Å². The van der Waals surface area contributed by atoms with Gasteiger partial charge in [-0.1, -0.05) is 30.3 Å². The van der Waals surface area contributed by atoms with Crippen LogP contribution in [-0.2, 0) is 20.8 Å². The molecule has 4 atom stereocenters. The number of carbonyl (C=O) groups excluding carboxylic acids is 1. The molecule has 1 aliphatic heterocycles. The summed E-state index contributed by atoms with van der Waals surface area (Å²) in [6, 6.07) is 6.25. The van der Waals surface area contributed by atoms with Crippen LogP contribution in [0.15, 0.2) is 30.3 Å². The first-order chi connectivity index (χ1) is 14.4. The van der Waals surface area contributed by atoms with E-state index in [0.29, 0.717) is 0 Å². The third kappa shape index (κ3) is 6.36. The number of hydrogen-bond acceptors (Lipinski definition) is 8. The number of hydrogen-bond donors (Lipinski definition) is 2. The summed E-state index contributed by atoms with van der Waals surface area (Å²) in [6.07, 6.45) is -3.72. The second-order valence-corrected chi connectivity index (χ2v) is 8.96. The van der Waals surface area contributed by atoms with Gasteiger partial charge >= 0.3 is 6.09 Å². The molecule has 0 bridgehead atoms. The predicted octanol–water partition coefficient (Wildman–Crippen LogP) is 1.94. The first-order valence-corrected chi connectivity index (χ1v) is 10.1. The summed E-state index contributed by atoms with van der Waals surface area (Å²) in [4.78, 5) is 25.3. The van der Waals surface area contributed by atoms with Gasteiger partial charge in [-0.25, -0.2) is 4.79 Å². The normalized spacial score (nSPS) is 21.4.